The van der Waals surface area contributed by atoms with Crippen molar-refractivity contribution in [2.75, 3.05) is 25.0 Å². The lowest BCUT2D eigenvalue weighted by Crippen LogP contribution is -2.43. The van der Waals surface area contributed by atoms with Gasteiger partial charge in [-0.25, -0.2) is 4.99 Å². The van der Waals surface area contributed by atoms with Gasteiger partial charge in [0.2, 0.25) is 6.17 Å². The van der Waals surface area contributed by atoms with E-state index in [2.05, 4.69) is 22.5 Å². The third kappa shape index (κ3) is 5.16. The molecule has 1 fully saturated rings. The number of hydrogen-bond donors (Lipinski definition) is 2. The van der Waals surface area contributed by atoms with E-state index in [1.165, 1.54) is 0 Å². The number of benzodiazepines with no additional fused rings is 1. The predicted molar refractivity (Wildman–Crippen MR) is 136 cm³/mol. The molecule has 5 rings (SSSR count). The zero-order valence-electron chi connectivity index (χ0n) is 19.6. The van der Waals surface area contributed by atoms with E-state index in [4.69, 9.17) is 9.73 Å². The van der Waals surface area contributed by atoms with Crippen molar-refractivity contribution >= 4 is 23.2 Å². The van der Waals surface area contributed by atoms with E-state index < -0.39 is 6.17 Å². The van der Waals surface area contributed by atoms with Crippen molar-refractivity contribution in [1.82, 2.24) is 10.2 Å². The topological polar surface area (TPSA) is 83.0 Å². The smallest absolute Gasteiger partial charge is 0.269 e. The van der Waals surface area contributed by atoms with Crippen LogP contribution in [0.1, 0.15) is 34.0 Å². The number of ether oxygens (including phenoxy) is 1. The number of carbonyl (C=O) groups is 2. The molecule has 7 heteroatoms. The van der Waals surface area contributed by atoms with Gasteiger partial charge in [0.25, 0.3) is 11.8 Å². The number of benzene rings is 3. The van der Waals surface area contributed by atoms with Gasteiger partial charge in [0.05, 0.1) is 24.1 Å². The molecule has 0 aromatic heterocycles. The van der Waals surface area contributed by atoms with Gasteiger partial charge in [-0.15, -0.1) is 0 Å². The number of morpholine rings is 1. The number of para-hydroxylation sites is 1. The van der Waals surface area contributed by atoms with Crippen LogP contribution in [0.2, 0.25) is 0 Å². The number of nitrogens with one attached hydrogen (secondary N) is 2. The summed E-state index contributed by atoms with van der Waals surface area (Å²) >= 11 is 0. The van der Waals surface area contributed by atoms with Crippen molar-refractivity contribution in [2.24, 2.45) is 4.99 Å². The minimum Gasteiger partial charge on any atom is -0.376 e. The molecule has 1 unspecified atom stereocenters. The monoisotopic (exact) mass is 468 g/mol. The van der Waals surface area contributed by atoms with E-state index in [0.717, 1.165) is 29.8 Å². The SMILES string of the molecule is C[C@H]1CN(Cc2ccccc2C(=O)NC2N=C(c3ccccc3)c3ccccc3NC2=O)CCO1. The molecule has 0 saturated carbocycles. The van der Waals surface area contributed by atoms with Crippen LogP contribution in [0, 0.1) is 0 Å². The van der Waals surface area contributed by atoms with E-state index in [0.29, 0.717) is 30.1 Å². The Morgan fingerprint density at radius 3 is 2.63 bits per heavy atom. The number of hydrogen-bond acceptors (Lipinski definition) is 5. The van der Waals surface area contributed by atoms with Crippen LogP contribution in [0.4, 0.5) is 5.69 Å². The van der Waals surface area contributed by atoms with Crippen molar-refractivity contribution in [2.45, 2.75) is 25.7 Å². The third-order valence-corrected chi connectivity index (χ3v) is 6.24. The summed E-state index contributed by atoms with van der Waals surface area (Å²) in [7, 11) is 0. The molecular formula is C28H28N4O3. The zero-order valence-corrected chi connectivity index (χ0v) is 19.6. The first-order chi connectivity index (χ1) is 17.1. The van der Waals surface area contributed by atoms with E-state index in [9.17, 15) is 9.59 Å². The van der Waals surface area contributed by atoms with Crippen LogP contribution in [-0.2, 0) is 16.1 Å². The van der Waals surface area contributed by atoms with Crippen LogP contribution in [-0.4, -0.2) is 54.4 Å². The molecule has 2 heterocycles. The Morgan fingerprint density at radius 2 is 1.80 bits per heavy atom. The standard InChI is InChI=1S/C28H28N4O3/c1-19-17-32(15-16-35-19)18-21-11-5-6-12-22(21)27(33)31-26-28(34)29-24-14-8-7-13-23(24)25(30-26)20-9-3-2-4-10-20/h2-14,19,26H,15-18H2,1H3,(H,29,34)(H,31,33)/t19-,26?/m0/s1. The highest BCUT2D eigenvalue weighted by Crippen LogP contribution is 2.24. The molecule has 7 nitrogen and oxygen atoms in total. The predicted octanol–water partition coefficient (Wildman–Crippen LogP) is 3.45. The molecule has 0 aliphatic carbocycles. The highest BCUT2D eigenvalue weighted by atomic mass is 16.5. The molecule has 2 aliphatic heterocycles. The number of aliphatic imine (C=N–C) groups is 1. The van der Waals surface area contributed by atoms with E-state index in [-0.39, 0.29) is 17.9 Å². The van der Waals surface area contributed by atoms with Crippen LogP contribution in [0.25, 0.3) is 0 Å². The lowest BCUT2D eigenvalue weighted by Gasteiger charge is -2.31. The largest absolute Gasteiger partial charge is 0.376 e. The minimum atomic E-state index is -1.07. The molecule has 2 aliphatic rings. The highest BCUT2D eigenvalue weighted by molar-refractivity contribution is 6.20. The first-order valence-electron chi connectivity index (χ1n) is 11.8. The normalized spacial score (nSPS) is 20.3. The Balaban J connectivity index is 1.43. The Hall–Kier alpha value is -3.81. The number of amides is 2. The highest BCUT2D eigenvalue weighted by Gasteiger charge is 2.28. The minimum absolute atomic E-state index is 0.159. The maximum atomic E-state index is 13.4. The van der Waals surface area contributed by atoms with E-state index >= 15 is 0 Å². The van der Waals surface area contributed by atoms with Crippen molar-refractivity contribution in [3.8, 4) is 0 Å². The quantitative estimate of drug-likeness (QED) is 0.601. The molecule has 0 spiro atoms. The number of fused-ring (bicyclic) bond motifs is 1. The first-order valence-corrected chi connectivity index (χ1v) is 11.8. The van der Waals surface area contributed by atoms with Gasteiger partial charge < -0.3 is 15.4 Å². The van der Waals surface area contributed by atoms with Gasteiger partial charge in [-0.1, -0.05) is 66.7 Å². The summed E-state index contributed by atoms with van der Waals surface area (Å²) in [6.07, 6.45) is -0.909. The lowest BCUT2D eigenvalue weighted by atomic mass is 10.0. The summed E-state index contributed by atoms with van der Waals surface area (Å²) in [5.74, 6) is -0.708. The summed E-state index contributed by atoms with van der Waals surface area (Å²) in [4.78, 5) is 33.5. The summed E-state index contributed by atoms with van der Waals surface area (Å²) in [5.41, 5.74) is 4.45. The van der Waals surface area contributed by atoms with E-state index in [1.54, 1.807) is 6.07 Å². The van der Waals surface area contributed by atoms with Crippen LogP contribution in [0.15, 0.2) is 83.9 Å². The number of anilines is 1. The summed E-state index contributed by atoms with van der Waals surface area (Å²) in [5, 5.41) is 5.79. The molecule has 3 aromatic carbocycles. The number of rotatable bonds is 5. The van der Waals surface area contributed by atoms with Crippen LogP contribution in [0.3, 0.4) is 0 Å². The number of carbonyl (C=O) groups excluding carboxylic acids is 2. The van der Waals surface area contributed by atoms with Gasteiger partial charge in [0.1, 0.15) is 0 Å². The zero-order chi connectivity index (χ0) is 24.2. The second kappa shape index (κ2) is 10.2. The number of nitrogens with zero attached hydrogens (tertiary/aromatic N) is 2. The summed E-state index contributed by atoms with van der Waals surface area (Å²) < 4.78 is 5.64. The fraction of sp³-hybridized carbons (Fsp3) is 0.250. The van der Waals surface area contributed by atoms with Crippen molar-refractivity contribution < 1.29 is 14.3 Å². The van der Waals surface area contributed by atoms with Gasteiger partial charge in [-0.2, -0.15) is 0 Å². The Morgan fingerprint density at radius 1 is 1.06 bits per heavy atom. The second-order valence-corrected chi connectivity index (χ2v) is 8.83. The van der Waals surface area contributed by atoms with Crippen LogP contribution in [0.5, 0.6) is 0 Å². The lowest BCUT2D eigenvalue weighted by molar-refractivity contribution is -0.117. The van der Waals surface area contributed by atoms with Gasteiger partial charge in [-0.3, -0.25) is 14.5 Å². The maximum Gasteiger partial charge on any atom is 0.269 e. The molecular weight excluding hydrogens is 440 g/mol. The average Bonchev–Trinajstić information content (AvgIpc) is 3.01. The van der Waals surface area contributed by atoms with Gasteiger partial charge in [0.15, 0.2) is 0 Å². The summed E-state index contributed by atoms with van der Waals surface area (Å²) in [6.45, 7) is 4.99. The van der Waals surface area contributed by atoms with Gasteiger partial charge in [0, 0.05) is 36.3 Å². The van der Waals surface area contributed by atoms with Gasteiger partial charge >= 0.3 is 0 Å². The Labute approximate surface area is 204 Å². The molecule has 2 amide bonds. The second-order valence-electron chi connectivity index (χ2n) is 8.83. The summed E-state index contributed by atoms with van der Waals surface area (Å²) in [6, 6.07) is 24.7. The van der Waals surface area contributed by atoms with Crippen LogP contribution < -0.4 is 10.6 Å². The Bertz CT molecular complexity index is 1260. The van der Waals surface area contributed by atoms with Crippen molar-refractivity contribution in [3.63, 3.8) is 0 Å². The molecule has 3 aromatic rings. The fourth-order valence-corrected chi connectivity index (χ4v) is 4.54. The fourth-order valence-electron chi connectivity index (χ4n) is 4.54. The first kappa shape index (κ1) is 23.0. The van der Waals surface area contributed by atoms with E-state index in [1.807, 2.05) is 72.8 Å². The van der Waals surface area contributed by atoms with Crippen LogP contribution >= 0.6 is 0 Å². The molecule has 35 heavy (non-hydrogen) atoms. The van der Waals surface area contributed by atoms with Gasteiger partial charge in [-0.05, 0) is 24.6 Å². The van der Waals surface area contributed by atoms with Crippen molar-refractivity contribution in [1.29, 1.82) is 0 Å². The molecule has 0 bridgehead atoms. The molecule has 178 valence electrons. The third-order valence-electron chi connectivity index (χ3n) is 6.24. The molecule has 2 N–H and O–H groups in total. The Kier molecular flexibility index (Phi) is 6.70. The van der Waals surface area contributed by atoms with Crippen molar-refractivity contribution in [3.05, 3.63) is 101 Å². The maximum absolute atomic E-state index is 13.4. The average molecular weight is 469 g/mol. The molecule has 1 saturated heterocycles. The molecule has 2 atom stereocenters. The molecule has 0 radical (unpaired) electrons.